The maximum absolute atomic E-state index is 5.80. The molecule has 1 aromatic heterocycles. The number of ether oxygens (including phenoxy) is 1. The van der Waals surface area contributed by atoms with Gasteiger partial charge in [-0.2, -0.15) is 0 Å². The lowest BCUT2D eigenvalue weighted by Crippen LogP contribution is -2.36. The lowest BCUT2D eigenvalue weighted by molar-refractivity contribution is 0.261. The number of aliphatic imine (C=N–C) groups is 1. The molecule has 0 aliphatic heterocycles. The molecule has 0 saturated heterocycles. The fourth-order valence-electron chi connectivity index (χ4n) is 2.77. The molecule has 3 aromatic rings. The minimum absolute atomic E-state index is 0.518. The third-order valence-electron chi connectivity index (χ3n) is 4.40. The van der Waals surface area contributed by atoms with E-state index in [9.17, 15) is 0 Å². The number of hydrogen-bond acceptors (Lipinski definition) is 5. The second-order valence-corrected chi connectivity index (χ2v) is 7.09. The van der Waals surface area contributed by atoms with Crippen LogP contribution in [-0.4, -0.2) is 50.1 Å². The average Bonchev–Trinajstić information content (AvgIpc) is 3.24. The van der Waals surface area contributed by atoms with Crippen LogP contribution in [0.15, 0.2) is 70.3 Å². The first-order chi connectivity index (χ1) is 14.6. The summed E-state index contributed by atoms with van der Waals surface area (Å²) < 4.78 is 11.4. The van der Waals surface area contributed by atoms with Crippen LogP contribution < -0.4 is 15.4 Å². The molecular weight excluding hydrogens is 378 g/mol. The summed E-state index contributed by atoms with van der Waals surface area (Å²) in [4.78, 5) is 10.9. The van der Waals surface area contributed by atoms with Gasteiger partial charge in [0, 0.05) is 25.7 Å². The molecule has 0 radical (unpaired) electrons. The molecule has 0 aliphatic rings. The van der Waals surface area contributed by atoms with E-state index in [0.29, 0.717) is 31.5 Å². The Balaban J connectivity index is 1.48. The lowest BCUT2D eigenvalue weighted by atomic mass is 10.2. The average molecular weight is 408 g/mol. The molecule has 30 heavy (non-hydrogen) atoms. The number of benzene rings is 2. The molecule has 0 amide bonds. The maximum atomic E-state index is 5.80. The van der Waals surface area contributed by atoms with Crippen molar-refractivity contribution >= 4 is 5.96 Å². The molecule has 7 heteroatoms. The summed E-state index contributed by atoms with van der Waals surface area (Å²) in [5.74, 6) is 2.18. The van der Waals surface area contributed by atoms with E-state index in [1.54, 1.807) is 13.3 Å². The highest BCUT2D eigenvalue weighted by Gasteiger charge is 2.07. The number of oxazole rings is 1. The van der Waals surface area contributed by atoms with Gasteiger partial charge in [-0.15, -0.1) is 0 Å². The molecule has 0 bridgehead atoms. The first-order valence-corrected chi connectivity index (χ1v) is 9.95. The Labute approximate surface area is 177 Å². The van der Waals surface area contributed by atoms with Crippen LogP contribution in [-0.2, 0) is 13.1 Å². The predicted molar refractivity (Wildman–Crippen MR) is 119 cm³/mol. The molecule has 0 saturated carbocycles. The molecule has 2 aromatic carbocycles. The van der Waals surface area contributed by atoms with Crippen LogP contribution in [0, 0.1) is 0 Å². The van der Waals surface area contributed by atoms with Crippen LogP contribution in [0.4, 0.5) is 0 Å². The van der Waals surface area contributed by atoms with Crippen molar-refractivity contribution in [3.8, 4) is 17.2 Å². The summed E-state index contributed by atoms with van der Waals surface area (Å²) in [5.41, 5.74) is 2.89. The highest BCUT2D eigenvalue weighted by molar-refractivity contribution is 5.79. The van der Waals surface area contributed by atoms with E-state index >= 15 is 0 Å². The molecule has 158 valence electrons. The van der Waals surface area contributed by atoms with E-state index in [-0.39, 0.29) is 0 Å². The van der Waals surface area contributed by atoms with Crippen LogP contribution in [0.25, 0.3) is 11.5 Å². The van der Waals surface area contributed by atoms with E-state index in [1.807, 2.05) is 62.6 Å². The zero-order valence-corrected chi connectivity index (χ0v) is 17.8. The minimum atomic E-state index is 0.518. The van der Waals surface area contributed by atoms with Crippen molar-refractivity contribution in [2.45, 2.75) is 13.1 Å². The third kappa shape index (κ3) is 6.63. The van der Waals surface area contributed by atoms with Crippen LogP contribution in [0.3, 0.4) is 0 Å². The second-order valence-electron chi connectivity index (χ2n) is 7.09. The summed E-state index contributed by atoms with van der Waals surface area (Å²) in [6.45, 7) is 2.70. The fraction of sp³-hybridized carbons (Fsp3) is 0.304. The van der Waals surface area contributed by atoms with Crippen molar-refractivity contribution in [2.24, 2.45) is 4.99 Å². The zero-order valence-electron chi connectivity index (χ0n) is 17.8. The molecule has 2 N–H and O–H groups in total. The zero-order chi connectivity index (χ0) is 21.2. The predicted octanol–water partition coefficient (Wildman–Crippen LogP) is 3.15. The van der Waals surface area contributed by atoms with Crippen molar-refractivity contribution in [3.63, 3.8) is 0 Å². The number of hydrogen-bond donors (Lipinski definition) is 2. The summed E-state index contributed by atoms with van der Waals surface area (Å²) >= 11 is 0. The second kappa shape index (κ2) is 11.0. The SMILES string of the molecule is CN=C(NCc1cccc(OCCN(C)C)c1)NCc1coc(-c2ccccc2)n1. The molecule has 3 rings (SSSR count). The van der Waals surface area contributed by atoms with Gasteiger partial charge in [0.15, 0.2) is 5.96 Å². The van der Waals surface area contributed by atoms with E-state index in [1.165, 1.54) is 0 Å². The normalized spacial score (nSPS) is 11.5. The number of nitrogens with zero attached hydrogens (tertiary/aromatic N) is 3. The van der Waals surface area contributed by atoms with Crippen LogP contribution in [0.5, 0.6) is 5.75 Å². The summed E-state index contributed by atoms with van der Waals surface area (Å²) in [6, 6.07) is 17.9. The topological polar surface area (TPSA) is 74.9 Å². The molecule has 0 aliphatic carbocycles. The third-order valence-corrected chi connectivity index (χ3v) is 4.40. The molecule has 0 atom stereocenters. The van der Waals surface area contributed by atoms with Crippen LogP contribution in [0.2, 0.25) is 0 Å². The van der Waals surface area contributed by atoms with Gasteiger partial charge in [-0.25, -0.2) is 4.98 Å². The van der Waals surface area contributed by atoms with Crippen LogP contribution in [0.1, 0.15) is 11.3 Å². The number of aromatic nitrogens is 1. The molecule has 0 unspecified atom stereocenters. The van der Waals surface area contributed by atoms with Crippen molar-refractivity contribution in [2.75, 3.05) is 34.3 Å². The fourth-order valence-corrected chi connectivity index (χ4v) is 2.77. The Morgan fingerprint density at radius 2 is 1.87 bits per heavy atom. The Morgan fingerprint density at radius 1 is 1.07 bits per heavy atom. The van der Waals surface area contributed by atoms with Crippen molar-refractivity contribution in [3.05, 3.63) is 72.1 Å². The van der Waals surface area contributed by atoms with Gasteiger partial charge < -0.3 is 24.7 Å². The maximum Gasteiger partial charge on any atom is 0.226 e. The van der Waals surface area contributed by atoms with Gasteiger partial charge in [-0.3, -0.25) is 4.99 Å². The van der Waals surface area contributed by atoms with Gasteiger partial charge in [0.05, 0.1) is 12.2 Å². The Morgan fingerprint density at radius 3 is 2.63 bits per heavy atom. The monoisotopic (exact) mass is 407 g/mol. The molecule has 7 nitrogen and oxygen atoms in total. The Bertz CT molecular complexity index is 938. The lowest BCUT2D eigenvalue weighted by Gasteiger charge is -2.13. The summed E-state index contributed by atoms with van der Waals surface area (Å²) in [6.07, 6.45) is 1.66. The highest BCUT2D eigenvalue weighted by atomic mass is 16.5. The van der Waals surface area contributed by atoms with Crippen molar-refractivity contribution in [1.82, 2.24) is 20.5 Å². The quantitative estimate of drug-likeness (QED) is 0.419. The van der Waals surface area contributed by atoms with Gasteiger partial charge in [-0.05, 0) is 43.9 Å². The number of guanidine groups is 1. The number of rotatable bonds is 9. The van der Waals surface area contributed by atoms with Crippen LogP contribution >= 0.6 is 0 Å². The largest absolute Gasteiger partial charge is 0.492 e. The van der Waals surface area contributed by atoms with E-state index in [2.05, 4.69) is 31.6 Å². The molecule has 0 fully saturated rings. The van der Waals surface area contributed by atoms with Crippen molar-refractivity contribution in [1.29, 1.82) is 0 Å². The van der Waals surface area contributed by atoms with E-state index < -0.39 is 0 Å². The smallest absolute Gasteiger partial charge is 0.226 e. The molecular formula is C23H29N5O2. The summed E-state index contributed by atoms with van der Waals surface area (Å²) in [7, 11) is 5.81. The first-order valence-electron chi connectivity index (χ1n) is 9.95. The van der Waals surface area contributed by atoms with E-state index in [4.69, 9.17) is 9.15 Å². The van der Waals surface area contributed by atoms with Gasteiger partial charge in [0.2, 0.25) is 5.89 Å². The van der Waals surface area contributed by atoms with Crippen molar-refractivity contribution < 1.29 is 9.15 Å². The summed E-state index contributed by atoms with van der Waals surface area (Å²) in [5, 5.41) is 6.57. The van der Waals surface area contributed by atoms with Gasteiger partial charge in [0.25, 0.3) is 0 Å². The Kier molecular flexibility index (Phi) is 7.86. The van der Waals surface area contributed by atoms with Gasteiger partial charge in [-0.1, -0.05) is 30.3 Å². The number of likely N-dealkylation sites (N-methyl/N-ethyl adjacent to an activating group) is 1. The van der Waals surface area contributed by atoms with Gasteiger partial charge >= 0.3 is 0 Å². The number of nitrogens with one attached hydrogen (secondary N) is 2. The molecule has 1 heterocycles. The van der Waals surface area contributed by atoms with E-state index in [0.717, 1.165) is 29.1 Å². The standard InChI is InChI=1S/C23H29N5O2/c1-24-23(25-15-18-8-7-11-21(14-18)29-13-12-28(2)3)26-16-20-17-30-22(27-20)19-9-5-4-6-10-19/h4-11,14,17H,12-13,15-16H2,1-3H3,(H2,24,25,26). The highest BCUT2D eigenvalue weighted by Crippen LogP contribution is 2.17. The van der Waals surface area contributed by atoms with Gasteiger partial charge in [0.1, 0.15) is 18.6 Å². The first kappa shape index (κ1) is 21.4. The molecule has 0 spiro atoms. The Hall–Kier alpha value is -3.32. The minimum Gasteiger partial charge on any atom is -0.492 e.